The van der Waals surface area contributed by atoms with Crippen LogP contribution in [0, 0.1) is 10.1 Å². The lowest BCUT2D eigenvalue weighted by atomic mass is 10.0. The summed E-state index contributed by atoms with van der Waals surface area (Å²) < 4.78 is 0. The maximum atomic E-state index is 13.3. The number of nitro groups is 1. The number of hydrogen-bond donors (Lipinski definition) is 1. The molecule has 180 valence electrons. The van der Waals surface area contributed by atoms with Gasteiger partial charge in [-0.15, -0.1) is 0 Å². The van der Waals surface area contributed by atoms with Crippen LogP contribution in [0.1, 0.15) is 12.5 Å². The molecule has 1 N–H and O–H groups in total. The molecule has 4 rings (SSSR count). The van der Waals surface area contributed by atoms with Gasteiger partial charge in [0.2, 0.25) is 5.91 Å². The summed E-state index contributed by atoms with van der Waals surface area (Å²) >= 11 is 11.2. The number of non-ortho nitro benzene ring substituents is 1. The van der Waals surface area contributed by atoms with E-state index in [1.54, 1.807) is 35.2 Å². The Labute approximate surface area is 210 Å². The fraction of sp³-hybridized carbons (Fsp3) is 0.217. The van der Waals surface area contributed by atoms with E-state index >= 15 is 0 Å². The second-order valence-corrected chi connectivity index (χ2v) is 8.75. The van der Waals surface area contributed by atoms with Gasteiger partial charge in [-0.3, -0.25) is 34.7 Å². The van der Waals surface area contributed by atoms with Crippen molar-refractivity contribution in [2.75, 3.05) is 36.0 Å². The summed E-state index contributed by atoms with van der Waals surface area (Å²) in [5.74, 6) is -1.40. The van der Waals surface area contributed by atoms with Crippen LogP contribution >= 0.6 is 23.8 Å². The Morgan fingerprint density at radius 3 is 2.37 bits per heavy atom. The first-order chi connectivity index (χ1) is 16.7. The van der Waals surface area contributed by atoms with Crippen LogP contribution in [0.4, 0.5) is 17.1 Å². The lowest BCUT2D eigenvalue weighted by Gasteiger charge is -2.36. The molecular formula is C23H20ClN5O5S. The van der Waals surface area contributed by atoms with Gasteiger partial charge < -0.3 is 9.80 Å². The van der Waals surface area contributed by atoms with Crippen LogP contribution in [-0.4, -0.2) is 58.8 Å². The average Bonchev–Trinajstić information content (AvgIpc) is 2.82. The molecule has 2 saturated heterocycles. The van der Waals surface area contributed by atoms with Crippen molar-refractivity contribution in [1.29, 1.82) is 0 Å². The zero-order valence-corrected chi connectivity index (χ0v) is 20.1. The van der Waals surface area contributed by atoms with Gasteiger partial charge in [0, 0.05) is 61.5 Å². The third-order valence-electron chi connectivity index (χ3n) is 5.77. The Morgan fingerprint density at radius 2 is 1.77 bits per heavy atom. The molecule has 0 unspecified atom stereocenters. The zero-order valence-electron chi connectivity index (χ0n) is 18.6. The van der Waals surface area contributed by atoms with Gasteiger partial charge in [0.15, 0.2) is 5.11 Å². The minimum absolute atomic E-state index is 0.0292. The molecule has 2 aromatic carbocycles. The Bertz CT molecular complexity index is 1270. The minimum Gasteiger partial charge on any atom is -0.367 e. The van der Waals surface area contributed by atoms with E-state index in [1.165, 1.54) is 30.0 Å². The lowest BCUT2D eigenvalue weighted by molar-refractivity contribution is -0.384. The van der Waals surface area contributed by atoms with Crippen LogP contribution in [0.25, 0.3) is 6.08 Å². The Morgan fingerprint density at radius 1 is 1.11 bits per heavy atom. The van der Waals surface area contributed by atoms with E-state index in [0.29, 0.717) is 48.1 Å². The molecule has 0 spiro atoms. The lowest BCUT2D eigenvalue weighted by Crippen LogP contribution is -2.54. The molecule has 2 fully saturated rings. The highest BCUT2D eigenvalue weighted by Crippen LogP contribution is 2.30. The van der Waals surface area contributed by atoms with Gasteiger partial charge in [-0.2, -0.15) is 0 Å². The number of nitrogens with one attached hydrogen (secondary N) is 1. The van der Waals surface area contributed by atoms with Gasteiger partial charge in [-0.1, -0.05) is 11.6 Å². The number of carbonyl (C=O) groups excluding carboxylic acids is 3. The number of halogens is 1. The number of piperazine rings is 1. The smallest absolute Gasteiger partial charge is 0.270 e. The van der Waals surface area contributed by atoms with E-state index in [-0.39, 0.29) is 22.3 Å². The number of carbonyl (C=O) groups is 3. The molecule has 0 radical (unpaired) electrons. The molecule has 35 heavy (non-hydrogen) atoms. The van der Waals surface area contributed by atoms with Crippen LogP contribution in [0.2, 0.25) is 5.02 Å². The normalized spacial score (nSPS) is 17.6. The van der Waals surface area contributed by atoms with Crippen molar-refractivity contribution < 1.29 is 19.3 Å². The van der Waals surface area contributed by atoms with E-state index in [2.05, 4.69) is 5.32 Å². The molecule has 0 bridgehead atoms. The summed E-state index contributed by atoms with van der Waals surface area (Å²) in [6, 6.07) is 10.6. The molecule has 2 aliphatic rings. The highest BCUT2D eigenvalue weighted by molar-refractivity contribution is 7.80. The van der Waals surface area contributed by atoms with Gasteiger partial charge >= 0.3 is 0 Å². The number of thiocarbonyl (C=S) groups is 1. The molecule has 2 aliphatic heterocycles. The third-order valence-corrected chi connectivity index (χ3v) is 6.31. The summed E-state index contributed by atoms with van der Waals surface area (Å²) in [6.07, 6.45) is 1.34. The molecular weight excluding hydrogens is 494 g/mol. The van der Waals surface area contributed by atoms with Crippen molar-refractivity contribution in [2.24, 2.45) is 0 Å². The van der Waals surface area contributed by atoms with E-state index < -0.39 is 16.7 Å². The first-order valence-electron chi connectivity index (χ1n) is 10.6. The van der Waals surface area contributed by atoms with E-state index in [1.807, 2.05) is 4.90 Å². The van der Waals surface area contributed by atoms with Crippen LogP contribution in [0.15, 0.2) is 48.0 Å². The first kappa shape index (κ1) is 24.3. The summed E-state index contributed by atoms with van der Waals surface area (Å²) in [7, 11) is 0. The van der Waals surface area contributed by atoms with Crippen molar-refractivity contribution in [3.8, 4) is 0 Å². The standard InChI is InChI=1S/C23H20ClN5O5S/c1-14(30)26-8-10-27(11-9-26)20-7-6-18(29(33)34)12-15(20)13-19-21(31)25-23(35)28(22(19)32)17-4-2-16(24)3-5-17/h2-7,12-13H,8-11H2,1H3,(H,25,31,35)/b19-13-. The third kappa shape index (κ3) is 5.00. The van der Waals surface area contributed by atoms with Crippen LogP contribution in [0.3, 0.4) is 0 Å². The first-order valence-corrected chi connectivity index (χ1v) is 11.4. The second kappa shape index (κ2) is 9.80. The Kier molecular flexibility index (Phi) is 6.81. The SMILES string of the molecule is CC(=O)N1CCN(c2ccc([N+](=O)[O-])cc2/C=C2/C(=O)NC(=S)N(c3ccc(Cl)cc3)C2=O)CC1. The maximum Gasteiger partial charge on any atom is 0.270 e. The van der Waals surface area contributed by atoms with Gasteiger partial charge in [0.05, 0.1) is 10.6 Å². The molecule has 0 aliphatic carbocycles. The number of rotatable bonds is 4. The molecule has 0 aromatic heterocycles. The van der Waals surface area contributed by atoms with Crippen LogP contribution in [-0.2, 0) is 14.4 Å². The molecule has 2 heterocycles. The summed E-state index contributed by atoms with van der Waals surface area (Å²) in [4.78, 5) is 53.5. The topological polar surface area (TPSA) is 116 Å². The largest absolute Gasteiger partial charge is 0.367 e. The van der Waals surface area contributed by atoms with Crippen LogP contribution in [0.5, 0.6) is 0 Å². The maximum absolute atomic E-state index is 13.3. The Balaban J connectivity index is 1.74. The van der Waals surface area contributed by atoms with Gasteiger partial charge in [-0.05, 0) is 48.6 Å². The fourth-order valence-electron chi connectivity index (χ4n) is 3.96. The minimum atomic E-state index is -0.705. The molecule has 12 heteroatoms. The number of nitro benzene ring substituents is 1. The average molecular weight is 514 g/mol. The fourth-order valence-corrected chi connectivity index (χ4v) is 4.37. The highest BCUT2D eigenvalue weighted by Gasteiger charge is 2.35. The molecule has 2 aromatic rings. The Hall–Kier alpha value is -3.83. The van der Waals surface area contributed by atoms with Crippen molar-refractivity contribution in [3.05, 3.63) is 68.7 Å². The molecule has 10 nitrogen and oxygen atoms in total. The van der Waals surface area contributed by atoms with Crippen molar-refractivity contribution in [3.63, 3.8) is 0 Å². The van der Waals surface area contributed by atoms with E-state index in [9.17, 15) is 24.5 Å². The molecule has 0 saturated carbocycles. The number of benzene rings is 2. The number of amides is 3. The van der Waals surface area contributed by atoms with Gasteiger partial charge in [-0.25, -0.2) is 0 Å². The summed E-state index contributed by atoms with van der Waals surface area (Å²) in [5.41, 5.74) is 0.945. The van der Waals surface area contributed by atoms with Gasteiger partial charge in [0.1, 0.15) is 5.57 Å². The second-order valence-electron chi connectivity index (χ2n) is 7.93. The van der Waals surface area contributed by atoms with E-state index in [0.717, 1.165) is 0 Å². The quantitative estimate of drug-likeness (QED) is 0.220. The zero-order chi connectivity index (χ0) is 25.3. The van der Waals surface area contributed by atoms with Crippen molar-refractivity contribution in [2.45, 2.75) is 6.92 Å². The van der Waals surface area contributed by atoms with Crippen molar-refractivity contribution in [1.82, 2.24) is 10.2 Å². The summed E-state index contributed by atoms with van der Waals surface area (Å²) in [6.45, 7) is 3.46. The predicted molar refractivity (Wildman–Crippen MR) is 135 cm³/mol. The number of hydrogen-bond acceptors (Lipinski definition) is 7. The van der Waals surface area contributed by atoms with E-state index in [4.69, 9.17) is 23.8 Å². The number of anilines is 2. The molecule has 0 atom stereocenters. The highest BCUT2D eigenvalue weighted by atomic mass is 35.5. The molecule has 3 amide bonds. The van der Waals surface area contributed by atoms with Crippen molar-refractivity contribution >= 4 is 69.8 Å². The van der Waals surface area contributed by atoms with Crippen LogP contribution < -0.4 is 15.1 Å². The number of nitrogens with zero attached hydrogens (tertiary/aromatic N) is 4. The van der Waals surface area contributed by atoms with Gasteiger partial charge in [0.25, 0.3) is 17.5 Å². The predicted octanol–water partition coefficient (Wildman–Crippen LogP) is 2.75. The monoisotopic (exact) mass is 513 g/mol. The summed E-state index contributed by atoms with van der Waals surface area (Å²) in [5, 5.41) is 14.3.